The van der Waals surface area contributed by atoms with E-state index in [0.29, 0.717) is 12.4 Å². The first-order chi connectivity index (χ1) is 6.24. The smallest absolute Gasteiger partial charge is 0.165 e. The van der Waals surface area contributed by atoms with Gasteiger partial charge >= 0.3 is 0 Å². The zero-order chi connectivity index (χ0) is 9.26. The number of anilines is 1. The number of thiazole rings is 1. The maximum atomic E-state index is 5.42. The molecule has 0 radical (unpaired) electrons. The lowest BCUT2D eigenvalue weighted by Crippen LogP contribution is -2.03. The molecule has 2 rings (SSSR count). The van der Waals surface area contributed by atoms with Crippen LogP contribution in [0.15, 0.2) is 16.2 Å². The van der Waals surface area contributed by atoms with Gasteiger partial charge in [-0.3, -0.25) is 0 Å². The van der Waals surface area contributed by atoms with Gasteiger partial charge in [0.15, 0.2) is 5.82 Å². The van der Waals surface area contributed by atoms with Crippen molar-refractivity contribution in [3.8, 4) is 0 Å². The van der Waals surface area contributed by atoms with Gasteiger partial charge in [0.1, 0.15) is 11.6 Å². The van der Waals surface area contributed by atoms with Gasteiger partial charge in [0.2, 0.25) is 0 Å². The summed E-state index contributed by atoms with van der Waals surface area (Å²) in [6, 6.07) is 0. The summed E-state index contributed by atoms with van der Waals surface area (Å²) in [4.78, 5) is 5.66. The molecule has 2 aromatic heterocycles. The predicted molar refractivity (Wildman–Crippen MR) is 53.4 cm³/mol. The molecule has 0 atom stereocenters. The Balaban J connectivity index is 2.14. The van der Waals surface area contributed by atoms with Crippen molar-refractivity contribution in [3.05, 3.63) is 21.2 Å². The number of rotatable bonds is 2. The topological polar surface area (TPSA) is 69.6 Å². The van der Waals surface area contributed by atoms with E-state index in [1.165, 1.54) is 11.0 Å². The highest BCUT2D eigenvalue weighted by Gasteiger charge is 2.02. The van der Waals surface area contributed by atoms with Gasteiger partial charge in [-0.05, 0) is 15.9 Å². The molecule has 68 valence electrons. The van der Waals surface area contributed by atoms with Gasteiger partial charge in [0.05, 0.1) is 16.2 Å². The molecule has 0 amide bonds. The number of nitrogens with zero attached hydrogens (tertiary/aromatic N) is 4. The van der Waals surface area contributed by atoms with Crippen molar-refractivity contribution in [2.75, 3.05) is 5.73 Å². The number of nitrogens with two attached hydrogens (primary N) is 1. The first-order valence-electron chi connectivity index (χ1n) is 3.50. The molecule has 0 saturated carbocycles. The average molecular weight is 260 g/mol. The molecule has 0 fully saturated rings. The lowest BCUT2D eigenvalue weighted by atomic mass is 10.7. The van der Waals surface area contributed by atoms with Crippen LogP contribution < -0.4 is 5.73 Å². The molecule has 2 aromatic rings. The zero-order valence-electron chi connectivity index (χ0n) is 6.51. The van der Waals surface area contributed by atoms with E-state index in [0.717, 1.165) is 8.79 Å². The third-order valence-electron chi connectivity index (χ3n) is 1.36. The molecule has 0 aliphatic carbocycles. The Morgan fingerprint density at radius 3 is 2.92 bits per heavy atom. The third kappa shape index (κ3) is 2.04. The minimum Gasteiger partial charge on any atom is -0.381 e. The molecule has 0 unspecified atom stereocenters. The molecular formula is C6H6BrN5S. The molecular weight excluding hydrogens is 254 g/mol. The van der Waals surface area contributed by atoms with E-state index in [-0.39, 0.29) is 0 Å². The van der Waals surface area contributed by atoms with Crippen LogP contribution in [0.2, 0.25) is 0 Å². The molecule has 0 spiro atoms. The molecule has 13 heavy (non-hydrogen) atoms. The first-order valence-corrected chi connectivity index (χ1v) is 5.11. The van der Waals surface area contributed by atoms with Crippen LogP contribution in [0.4, 0.5) is 5.82 Å². The highest BCUT2D eigenvalue weighted by molar-refractivity contribution is 9.11. The van der Waals surface area contributed by atoms with Gasteiger partial charge in [-0.25, -0.2) is 4.98 Å². The maximum Gasteiger partial charge on any atom is 0.165 e. The lowest BCUT2D eigenvalue weighted by molar-refractivity contribution is 0.591. The van der Waals surface area contributed by atoms with E-state index < -0.39 is 0 Å². The van der Waals surface area contributed by atoms with Gasteiger partial charge < -0.3 is 5.73 Å². The summed E-state index contributed by atoms with van der Waals surface area (Å²) in [6.07, 6.45) is 3.27. The molecule has 0 aromatic carbocycles. The Kier molecular flexibility index (Phi) is 2.28. The molecule has 2 N–H and O–H groups in total. The van der Waals surface area contributed by atoms with E-state index in [4.69, 9.17) is 5.73 Å². The van der Waals surface area contributed by atoms with E-state index in [1.807, 2.05) is 0 Å². The number of hydrogen-bond donors (Lipinski definition) is 1. The summed E-state index contributed by atoms with van der Waals surface area (Å²) in [7, 11) is 0. The molecule has 0 saturated heterocycles. The standard InChI is InChI=1S/C6H6BrN5S/c7-4-1-9-6(13-4)3-12-10-2-5(8)11-12/h1-2H,3H2,(H2,8,11). The van der Waals surface area contributed by atoms with Crippen molar-refractivity contribution in [1.82, 2.24) is 20.0 Å². The van der Waals surface area contributed by atoms with E-state index in [9.17, 15) is 0 Å². The van der Waals surface area contributed by atoms with Crippen molar-refractivity contribution in [3.63, 3.8) is 0 Å². The quantitative estimate of drug-likeness (QED) is 0.878. The third-order valence-corrected chi connectivity index (χ3v) is 2.82. The van der Waals surface area contributed by atoms with Crippen LogP contribution in [0, 0.1) is 0 Å². The Morgan fingerprint density at radius 1 is 1.54 bits per heavy atom. The van der Waals surface area contributed by atoms with Gasteiger partial charge in [0, 0.05) is 0 Å². The molecule has 0 aliphatic heterocycles. The summed E-state index contributed by atoms with van der Waals surface area (Å²) in [5, 5.41) is 8.85. The fourth-order valence-electron chi connectivity index (χ4n) is 0.869. The largest absolute Gasteiger partial charge is 0.381 e. The summed E-state index contributed by atoms with van der Waals surface area (Å²) < 4.78 is 1.00. The molecule has 7 heteroatoms. The molecule has 0 bridgehead atoms. The molecule has 5 nitrogen and oxygen atoms in total. The Hall–Kier alpha value is -0.950. The summed E-state index contributed by atoms with van der Waals surface area (Å²) in [5.41, 5.74) is 5.42. The Labute approximate surface area is 86.7 Å². The summed E-state index contributed by atoms with van der Waals surface area (Å²) >= 11 is 4.89. The second kappa shape index (κ2) is 3.43. The monoisotopic (exact) mass is 259 g/mol. The van der Waals surface area contributed by atoms with Crippen LogP contribution in [0.1, 0.15) is 5.01 Å². The number of halogens is 1. The van der Waals surface area contributed by atoms with Crippen LogP contribution in [0.25, 0.3) is 0 Å². The van der Waals surface area contributed by atoms with Crippen LogP contribution in [-0.4, -0.2) is 20.0 Å². The second-order valence-electron chi connectivity index (χ2n) is 2.36. The average Bonchev–Trinajstić information content (AvgIpc) is 2.62. The Bertz CT molecular complexity index is 370. The van der Waals surface area contributed by atoms with Crippen LogP contribution in [-0.2, 0) is 6.54 Å². The SMILES string of the molecule is Nc1cnn(Cc2ncc(Br)s2)n1. The Morgan fingerprint density at radius 2 is 2.38 bits per heavy atom. The molecule has 2 heterocycles. The van der Waals surface area contributed by atoms with Crippen LogP contribution >= 0.6 is 27.3 Å². The van der Waals surface area contributed by atoms with Gasteiger partial charge in [-0.1, -0.05) is 0 Å². The maximum absolute atomic E-state index is 5.42. The van der Waals surface area contributed by atoms with E-state index >= 15 is 0 Å². The summed E-state index contributed by atoms with van der Waals surface area (Å²) in [6.45, 7) is 0.563. The van der Waals surface area contributed by atoms with Gasteiger partial charge in [-0.2, -0.15) is 9.90 Å². The number of nitrogen functional groups attached to an aromatic ring is 1. The highest BCUT2D eigenvalue weighted by atomic mass is 79.9. The fraction of sp³-hybridized carbons (Fsp3) is 0.167. The highest BCUT2D eigenvalue weighted by Crippen LogP contribution is 2.19. The number of hydrogen-bond acceptors (Lipinski definition) is 5. The predicted octanol–water partition coefficient (Wildman–Crippen LogP) is 1.13. The van der Waals surface area contributed by atoms with Crippen molar-refractivity contribution in [2.45, 2.75) is 6.54 Å². The summed E-state index contributed by atoms with van der Waals surface area (Å²) in [5.74, 6) is 0.427. The van der Waals surface area contributed by atoms with E-state index in [2.05, 4.69) is 31.1 Å². The zero-order valence-corrected chi connectivity index (χ0v) is 8.92. The normalized spacial score (nSPS) is 10.5. The van der Waals surface area contributed by atoms with Crippen LogP contribution in [0.3, 0.4) is 0 Å². The lowest BCUT2D eigenvalue weighted by Gasteiger charge is -1.92. The van der Waals surface area contributed by atoms with Crippen molar-refractivity contribution >= 4 is 33.1 Å². The molecule has 0 aliphatic rings. The van der Waals surface area contributed by atoms with Crippen molar-refractivity contribution < 1.29 is 0 Å². The first kappa shape index (κ1) is 8.64. The van der Waals surface area contributed by atoms with Crippen LogP contribution in [0.5, 0.6) is 0 Å². The minimum atomic E-state index is 0.427. The van der Waals surface area contributed by atoms with Crippen molar-refractivity contribution in [2.24, 2.45) is 0 Å². The fourth-order valence-corrected chi connectivity index (χ4v) is 2.15. The van der Waals surface area contributed by atoms with Crippen molar-refractivity contribution in [1.29, 1.82) is 0 Å². The van der Waals surface area contributed by atoms with Gasteiger partial charge in [0.25, 0.3) is 0 Å². The van der Waals surface area contributed by atoms with E-state index in [1.54, 1.807) is 17.5 Å². The number of aromatic nitrogens is 4. The second-order valence-corrected chi connectivity index (χ2v) is 4.85. The minimum absolute atomic E-state index is 0.427. The van der Waals surface area contributed by atoms with Gasteiger partial charge in [-0.15, -0.1) is 16.4 Å².